The van der Waals surface area contributed by atoms with Gasteiger partial charge in [0.1, 0.15) is 5.01 Å². The monoisotopic (exact) mass is 355 g/mol. The van der Waals surface area contributed by atoms with Gasteiger partial charge in [0.2, 0.25) is 5.91 Å². The molecule has 0 spiro atoms. The van der Waals surface area contributed by atoms with Crippen molar-refractivity contribution in [3.05, 3.63) is 35.3 Å². The summed E-state index contributed by atoms with van der Waals surface area (Å²) in [5.41, 5.74) is 8.74. The molecule has 25 heavy (non-hydrogen) atoms. The van der Waals surface area contributed by atoms with Crippen molar-refractivity contribution in [3.63, 3.8) is 0 Å². The summed E-state index contributed by atoms with van der Waals surface area (Å²) in [6.07, 6.45) is 2.95. The molecule has 4 rings (SSSR count). The van der Waals surface area contributed by atoms with Crippen LogP contribution in [0.15, 0.2) is 30.5 Å². The average Bonchev–Trinajstić information content (AvgIpc) is 3.27. The molecule has 3 heterocycles. The Morgan fingerprint density at radius 3 is 3.20 bits per heavy atom. The lowest BCUT2D eigenvalue weighted by atomic mass is 10.2. The molecule has 1 aromatic carbocycles. The molecule has 0 aliphatic carbocycles. The molecule has 0 radical (unpaired) electrons. The number of H-pyrrole nitrogens is 1. The number of rotatable bonds is 4. The van der Waals surface area contributed by atoms with E-state index >= 15 is 0 Å². The zero-order valence-corrected chi connectivity index (χ0v) is 14.9. The summed E-state index contributed by atoms with van der Waals surface area (Å²) >= 11 is 1.70. The van der Waals surface area contributed by atoms with Crippen LogP contribution in [0.4, 0.5) is 5.69 Å². The maximum absolute atomic E-state index is 11.2. The molecule has 1 aliphatic heterocycles. The van der Waals surface area contributed by atoms with Crippen molar-refractivity contribution >= 4 is 33.8 Å². The van der Waals surface area contributed by atoms with Crippen molar-refractivity contribution in [2.24, 2.45) is 0 Å². The van der Waals surface area contributed by atoms with Crippen molar-refractivity contribution in [2.75, 3.05) is 18.8 Å². The molecule has 130 valence electrons. The molecule has 1 saturated heterocycles. The first-order chi connectivity index (χ1) is 12.1. The van der Waals surface area contributed by atoms with Crippen molar-refractivity contribution < 1.29 is 4.79 Å². The van der Waals surface area contributed by atoms with Gasteiger partial charge in [-0.05, 0) is 18.6 Å². The van der Waals surface area contributed by atoms with Crippen LogP contribution >= 0.6 is 11.3 Å². The van der Waals surface area contributed by atoms with E-state index in [1.54, 1.807) is 18.3 Å². The maximum atomic E-state index is 11.2. The first kappa shape index (κ1) is 16.1. The van der Waals surface area contributed by atoms with E-state index in [0.29, 0.717) is 0 Å². The number of amides is 1. The first-order valence-electron chi connectivity index (χ1n) is 8.40. The zero-order chi connectivity index (χ0) is 17.4. The molecular weight excluding hydrogens is 334 g/mol. The van der Waals surface area contributed by atoms with Gasteiger partial charge >= 0.3 is 0 Å². The molecule has 2 aromatic heterocycles. The van der Waals surface area contributed by atoms with Gasteiger partial charge in [-0.25, -0.2) is 4.98 Å². The Hall–Kier alpha value is -2.38. The van der Waals surface area contributed by atoms with E-state index in [1.165, 1.54) is 4.88 Å². The number of nitrogens with zero attached hydrogens (tertiary/aromatic N) is 2. The van der Waals surface area contributed by atoms with Gasteiger partial charge in [0, 0.05) is 49.1 Å². The number of nitrogen functional groups attached to an aromatic ring is 1. The molecular formula is C18H21N5OS. The Bertz CT molecular complexity index is 915. The van der Waals surface area contributed by atoms with Crippen molar-refractivity contribution in [1.29, 1.82) is 0 Å². The first-order valence-corrected chi connectivity index (χ1v) is 9.22. The third-order valence-corrected chi connectivity index (χ3v) is 5.55. The standard InChI is InChI=1S/C18H21N5OS/c1-11(24)21-13-5-6-23(9-13)10-14-8-20-18(25-14)16-7-12-3-2-4-15(19)17(12)22-16/h2-4,7-8,13,22H,5-6,9-10,19H2,1H3,(H,21,24)/t13-/m0/s1. The van der Waals surface area contributed by atoms with Crippen LogP contribution in [0.3, 0.4) is 0 Å². The lowest BCUT2D eigenvalue weighted by Gasteiger charge is -2.14. The molecule has 1 atom stereocenters. The van der Waals surface area contributed by atoms with Gasteiger partial charge in [-0.2, -0.15) is 0 Å². The summed E-state index contributed by atoms with van der Waals surface area (Å²) in [6, 6.07) is 8.27. The normalized spacial score (nSPS) is 18.0. The van der Waals surface area contributed by atoms with Crippen LogP contribution < -0.4 is 11.1 Å². The summed E-state index contributed by atoms with van der Waals surface area (Å²) < 4.78 is 0. The van der Waals surface area contributed by atoms with Crippen molar-refractivity contribution in [3.8, 4) is 10.7 Å². The number of anilines is 1. The van der Waals surface area contributed by atoms with Gasteiger partial charge in [-0.3, -0.25) is 9.69 Å². The summed E-state index contributed by atoms with van der Waals surface area (Å²) in [7, 11) is 0. The Labute approximate surface area is 150 Å². The Balaban J connectivity index is 1.47. The minimum atomic E-state index is 0.0463. The van der Waals surface area contributed by atoms with Crippen LogP contribution in [-0.2, 0) is 11.3 Å². The molecule has 1 aliphatic rings. The Kier molecular flexibility index (Phi) is 4.19. The predicted molar refractivity (Wildman–Crippen MR) is 101 cm³/mol. The highest BCUT2D eigenvalue weighted by Crippen LogP contribution is 2.30. The molecule has 1 amide bonds. The predicted octanol–water partition coefficient (Wildman–Crippen LogP) is 2.58. The Morgan fingerprint density at radius 1 is 1.52 bits per heavy atom. The van der Waals surface area contributed by atoms with E-state index in [1.807, 2.05) is 24.4 Å². The second-order valence-corrected chi connectivity index (χ2v) is 7.66. The second kappa shape index (κ2) is 6.50. The van der Waals surface area contributed by atoms with Gasteiger partial charge in [0.15, 0.2) is 0 Å². The van der Waals surface area contributed by atoms with Gasteiger partial charge in [0.25, 0.3) is 0 Å². The minimum absolute atomic E-state index is 0.0463. The summed E-state index contributed by atoms with van der Waals surface area (Å²) in [5, 5.41) is 5.08. The Morgan fingerprint density at radius 2 is 2.40 bits per heavy atom. The highest BCUT2D eigenvalue weighted by molar-refractivity contribution is 7.15. The highest BCUT2D eigenvalue weighted by Gasteiger charge is 2.23. The number of nitrogens with one attached hydrogen (secondary N) is 2. The summed E-state index contributed by atoms with van der Waals surface area (Å²) in [4.78, 5) is 22.7. The van der Waals surface area contributed by atoms with E-state index in [9.17, 15) is 4.79 Å². The van der Waals surface area contributed by atoms with Crippen molar-refractivity contribution in [1.82, 2.24) is 20.2 Å². The van der Waals surface area contributed by atoms with Gasteiger partial charge in [-0.15, -0.1) is 11.3 Å². The van der Waals surface area contributed by atoms with Crippen molar-refractivity contribution in [2.45, 2.75) is 25.9 Å². The second-order valence-electron chi connectivity index (χ2n) is 6.55. The maximum Gasteiger partial charge on any atom is 0.217 e. The largest absolute Gasteiger partial charge is 0.397 e. The van der Waals surface area contributed by atoms with Crippen LogP contribution in [0.5, 0.6) is 0 Å². The van der Waals surface area contributed by atoms with Gasteiger partial charge in [-0.1, -0.05) is 12.1 Å². The fourth-order valence-corrected chi connectivity index (χ4v) is 4.33. The number of aromatic nitrogens is 2. The average molecular weight is 355 g/mol. The van der Waals surface area contributed by atoms with E-state index in [2.05, 4.69) is 26.3 Å². The van der Waals surface area contributed by atoms with Crippen LogP contribution in [-0.4, -0.2) is 39.9 Å². The number of aromatic amines is 1. The lowest BCUT2D eigenvalue weighted by molar-refractivity contribution is -0.119. The highest BCUT2D eigenvalue weighted by atomic mass is 32.1. The van der Waals surface area contributed by atoms with E-state index < -0.39 is 0 Å². The molecule has 4 N–H and O–H groups in total. The molecule has 1 fully saturated rings. The number of carbonyl (C=O) groups is 1. The topological polar surface area (TPSA) is 87.0 Å². The fraction of sp³-hybridized carbons (Fsp3) is 0.333. The lowest BCUT2D eigenvalue weighted by Crippen LogP contribution is -2.35. The molecule has 0 bridgehead atoms. The van der Waals surface area contributed by atoms with Crippen LogP contribution in [0.25, 0.3) is 21.6 Å². The summed E-state index contributed by atoms with van der Waals surface area (Å²) in [6.45, 7) is 4.35. The van der Waals surface area contributed by atoms with E-state index in [0.717, 1.165) is 53.3 Å². The number of para-hydroxylation sites is 1. The number of likely N-dealkylation sites (tertiary alicyclic amines) is 1. The number of thiazole rings is 1. The number of hydrogen-bond acceptors (Lipinski definition) is 5. The van der Waals surface area contributed by atoms with Gasteiger partial charge < -0.3 is 16.0 Å². The van der Waals surface area contributed by atoms with Gasteiger partial charge in [0.05, 0.1) is 16.9 Å². The van der Waals surface area contributed by atoms with Crippen LogP contribution in [0.2, 0.25) is 0 Å². The number of nitrogens with two attached hydrogens (primary N) is 1. The molecule has 7 heteroatoms. The molecule has 0 saturated carbocycles. The third-order valence-electron chi connectivity index (χ3n) is 4.53. The number of fused-ring (bicyclic) bond motifs is 1. The molecule has 3 aromatic rings. The number of carbonyl (C=O) groups excluding carboxylic acids is 1. The third kappa shape index (κ3) is 3.38. The SMILES string of the molecule is CC(=O)N[C@H]1CCN(Cc2cnc(-c3cc4cccc(N)c4[nH]3)s2)C1. The smallest absolute Gasteiger partial charge is 0.217 e. The number of benzene rings is 1. The minimum Gasteiger partial charge on any atom is -0.397 e. The van der Waals surface area contributed by atoms with Crippen LogP contribution in [0, 0.1) is 0 Å². The zero-order valence-electron chi connectivity index (χ0n) is 14.1. The number of hydrogen-bond donors (Lipinski definition) is 3. The quantitative estimate of drug-likeness (QED) is 0.628. The van der Waals surface area contributed by atoms with E-state index in [-0.39, 0.29) is 11.9 Å². The molecule has 6 nitrogen and oxygen atoms in total. The van der Waals surface area contributed by atoms with E-state index in [4.69, 9.17) is 5.73 Å². The van der Waals surface area contributed by atoms with Crippen LogP contribution in [0.1, 0.15) is 18.2 Å². The molecule has 0 unspecified atom stereocenters. The fourth-order valence-electron chi connectivity index (χ4n) is 3.40. The summed E-state index contributed by atoms with van der Waals surface area (Å²) in [5.74, 6) is 0.0463.